The van der Waals surface area contributed by atoms with E-state index in [1.54, 1.807) is 11.1 Å². The van der Waals surface area contributed by atoms with E-state index in [2.05, 4.69) is 27.8 Å². The molecule has 0 saturated carbocycles. The lowest BCUT2D eigenvalue weighted by atomic mass is 10.0. The summed E-state index contributed by atoms with van der Waals surface area (Å²) in [6, 6.07) is 10.1. The molecule has 1 aliphatic heterocycles. The van der Waals surface area contributed by atoms with Crippen molar-refractivity contribution in [3.05, 3.63) is 59.3 Å². The molecule has 1 atom stereocenters. The summed E-state index contributed by atoms with van der Waals surface area (Å²) in [5.74, 6) is 0.662. The van der Waals surface area contributed by atoms with Crippen molar-refractivity contribution in [2.75, 3.05) is 19.6 Å². The number of amides is 2. The van der Waals surface area contributed by atoms with Crippen molar-refractivity contribution in [3.8, 4) is 0 Å². The Hall–Kier alpha value is -3.22. The third kappa shape index (κ3) is 4.49. The summed E-state index contributed by atoms with van der Waals surface area (Å²) in [7, 11) is 0. The second-order valence-electron chi connectivity index (χ2n) is 8.73. The van der Waals surface area contributed by atoms with E-state index < -0.39 is 0 Å². The largest absolute Gasteiger partial charge is 0.339 e. The Morgan fingerprint density at radius 1 is 1.12 bits per heavy atom. The summed E-state index contributed by atoms with van der Waals surface area (Å²) in [6.45, 7) is 10.1. The van der Waals surface area contributed by atoms with Gasteiger partial charge >= 0.3 is 0 Å². The van der Waals surface area contributed by atoms with E-state index in [0.29, 0.717) is 43.3 Å². The van der Waals surface area contributed by atoms with E-state index in [1.165, 1.54) is 0 Å². The van der Waals surface area contributed by atoms with E-state index >= 15 is 0 Å². The third-order valence-corrected chi connectivity index (χ3v) is 6.71. The fraction of sp³-hybridized carbons (Fsp3) is 0.462. The predicted octanol–water partition coefficient (Wildman–Crippen LogP) is 4.28. The average molecular weight is 448 g/mol. The Morgan fingerprint density at radius 2 is 1.88 bits per heavy atom. The summed E-state index contributed by atoms with van der Waals surface area (Å²) < 4.78 is 2.08. The molecule has 0 N–H and O–H groups in total. The smallest absolute Gasteiger partial charge is 0.257 e. The van der Waals surface area contributed by atoms with Crippen LogP contribution in [0.1, 0.15) is 66.7 Å². The quantitative estimate of drug-likeness (QED) is 0.565. The number of aryl methyl sites for hydroxylation is 2. The van der Waals surface area contributed by atoms with Gasteiger partial charge in [-0.1, -0.05) is 18.2 Å². The maximum atomic E-state index is 13.5. The SMILES string of the molecule is CCN(CC)C(=O)c1cnc([C@@H]2CCCCN2C(=O)Cn2c(C)cc3ccccc32)nc1C. The molecule has 1 aromatic carbocycles. The highest BCUT2D eigenvalue weighted by Gasteiger charge is 2.31. The molecule has 1 saturated heterocycles. The molecule has 0 aliphatic carbocycles. The van der Waals surface area contributed by atoms with Gasteiger partial charge in [-0.05, 0) is 64.5 Å². The zero-order chi connectivity index (χ0) is 23.5. The highest BCUT2D eigenvalue weighted by atomic mass is 16.2. The molecule has 3 aromatic rings. The van der Waals surface area contributed by atoms with Gasteiger partial charge in [0.15, 0.2) is 5.82 Å². The summed E-state index contributed by atoms with van der Waals surface area (Å²) in [4.78, 5) is 39.2. The Bertz CT molecular complexity index is 1160. The Morgan fingerprint density at radius 3 is 2.61 bits per heavy atom. The minimum Gasteiger partial charge on any atom is -0.339 e. The van der Waals surface area contributed by atoms with Crippen molar-refractivity contribution < 1.29 is 9.59 Å². The normalized spacial score (nSPS) is 16.2. The van der Waals surface area contributed by atoms with Gasteiger partial charge < -0.3 is 14.4 Å². The van der Waals surface area contributed by atoms with Crippen molar-refractivity contribution in [2.45, 2.75) is 59.5 Å². The predicted molar refractivity (Wildman–Crippen MR) is 129 cm³/mol. The molecule has 0 bridgehead atoms. The second-order valence-corrected chi connectivity index (χ2v) is 8.73. The van der Waals surface area contributed by atoms with Gasteiger partial charge in [0.05, 0.1) is 17.3 Å². The number of nitrogens with zero attached hydrogens (tertiary/aromatic N) is 5. The van der Waals surface area contributed by atoms with Crippen LogP contribution in [-0.2, 0) is 11.3 Å². The molecule has 0 unspecified atom stereocenters. The highest BCUT2D eigenvalue weighted by Crippen LogP contribution is 2.30. The van der Waals surface area contributed by atoms with Crippen LogP contribution in [0.15, 0.2) is 36.5 Å². The maximum absolute atomic E-state index is 13.5. The van der Waals surface area contributed by atoms with Gasteiger partial charge in [0, 0.05) is 37.0 Å². The Kier molecular flexibility index (Phi) is 6.77. The lowest BCUT2D eigenvalue weighted by Crippen LogP contribution is -2.41. The van der Waals surface area contributed by atoms with Gasteiger partial charge in [-0.3, -0.25) is 9.59 Å². The number of para-hydroxylation sites is 1. The molecule has 0 radical (unpaired) electrons. The van der Waals surface area contributed by atoms with Crippen molar-refractivity contribution in [1.29, 1.82) is 0 Å². The minimum atomic E-state index is -0.162. The van der Waals surface area contributed by atoms with Crippen LogP contribution in [-0.4, -0.2) is 55.8 Å². The summed E-state index contributed by atoms with van der Waals surface area (Å²) >= 11 is 0. The van der Waals surface area contributed by atoms with Crippen molar-refractivity contribution in [3.63, 3.8) is 0 Å². The molecule has 1 fully saturated rings. The topological polar surface area (TPSA) is 71.3 Å². The number of carbonyl (C=O) groups is 2. The van der Waals surface area contributed by atoms with Gasteiger partial charge in [-0.2, -0.15) is 0 Å². The molecule has 3 heterocycles. The van der Waals surface area contributed by atoms with E-state index in [4.69, 9.17) is 4.98 Å². The van der Waals surface area contributed by atoms with Crippen LogP contribution in [0.25, 0.3) is 10.9 Å². The van der Waals surface area contributed by atoms with Crippen LogP contribution in [0, 0.1) is 13.8 Å². The molecule has 7 nitrogen and oxygen atoms in total. The molecule has 4 rings (SSSR count). The molecular weight excluding hydrogens is 414 g/mol. The van der Waals surface area contributed by atoms with E-state index in [9.17, 15) is 9.59 Å². The Labute approximate surface area is 195 Å². The number of carbonyl (C=O) groups excluding carboxylic acids is 2. The summed E-state index contributed by atoms with van der Waals surface area (Å²) in [5.41, 5.74) is 3.35. The van der Waals surface area contributed by atoms with Crippen LogP contribution in [0.2, 0.25) is 0 Å². The third-order valence-electron chi connectivity index (χ3n) is 6.71. The average Bonchev–Trinajstić information content (AvgIpc) is 3.14. The van der Waals surface area contributed by atoms with Crippen LogP contribution >= 0.6 is 0 Å². The maximum Gasteiger partial charge on any atom is 0.257 e. The van der Waals surface area contributed by atoms with Gasteiger partial charge in [0.25, 0.3) is 5.91 Å². The van der Waals surface area contributed by atoms with E-state index in [0.717, 1.165) is 35.9 Å². The molecule has 174 valence electrons. The minimum absolute atomic E-state index is 0.0458. The molecule has 0 spiro atoms. The molecule has 33 heavy (non-hydrogen) atoms. The first-order valence-corrected chi connectivity index (χ1v) is 11.9. The summed E-state index contributed by atoms with van der Waals surface area (Å²) in [5, 5.41) is 1.14. The van der Waals surface area contributed by atoms with Gasteiger partial charge in [0.2, 0.25) is 5.91 Å². The number of aromatic nitrogens is 3. The number of hydrogen-bond donors (Lipinski definition) is 0. The zero-order valence-corrected chi connectivity index (χ0v) is 20.0. The first-order valence-electron chi connectivity index (χ1n) is 11.9. The van der Waals surface area contributed by atoms with Gasteiger partial charge in [0.1, 0.15) is 6.54 Å². The number of piperidine rings is 1. The van der Waals surface area contributed by atoms with Crippen molar-refractivity contribution in [1.82, 2.24) is 24.3 Å². The number of fused-ring (bicyclic) bond motifs is 1. The molecule has 1 aliphatic rings. The van der Waals surface area contributed by atoms with Crippen LogP contribution in [0.5, 0.6) is 0 Å². The first-order chi connectivity index (χ1) is 15.9. The fourth-order valence-electron chi connectivity index (χ4n) is 4.82. The lowest BCUT2D eigenvalue weighted by Gasteiger charge is -2.35. The van der Waals surface area contributed by atoms with E-state index in [-0.39, 0.29) is 17.9 Å². The van der Waals surface area contributed by atoms with Gasteiger partial charge in [-0.15, -0.1) is 0 Å². The number of hydrogen-bond acceptors (Lipinski definition) is 4. The first kappa shape index (κ1) is 23.0. The monoisotopic (exact) mass is 447 g/mol. The van der Waals surface area contributed by atoms with E-state index in [1.807, 2.05) is 44.7 Å². The molecular formula is C26H33N5O2. The van der Waals surface area contributed by atoms with Gasteiger partial charge in [-0.25, -0.2) is 9.97 Å². The zero-order valence-electron chi connectivity index (χ0n) is 20.0. The van der Waals surface area contributed by atoms with Crippen LogP contribution in [0.4, 0.5) is 0 Å². The number of benzene rings is 1. The standard InChI is InChI=1S/C26H33N5O2/c1-5-29(6-2)26(33)21-16-27-25(28-19(21)4)23-13-9-10-14-30(23)24(32)17-31-18(3)15-20-11-7-8-12-22(20)31/h7-8,11-12,15-16,23H,5-6,9-10,13-14,17H2,1-4H3/t23-/m0/s1. The number of rotatable bonds is 6. The molecule has 2 aromatic heterocycles. The van der Waals surface area contributed by atoms with Crippen molar-refractivity contribution >= 4 is 22.7 Å². The fourth-order valence-corrected chi connectivity index (χ4v) is 4.82. The summed E-state index contributed by atoms with van der Waals surface area (Å²) in [6.07, 6.45) is 4.48. The second kappa shape index (κ2) is 9.73. The van der Waals surface area contributed by atoms with Crippen molar-refractivity contribution in [2.24, 2.45) is 0 Å². The van der Waals surface area contributed by atoms with Crippen LogP contribution < -0.4 is 0 Å². The lowest BCUT2D eigenvalue weighted by molar-refractivity contribution is -0.135. The highest BCUT2D eigenvalue weighted by molar-refractivity contribution is 5.94. The molecule has 7 heteroatoms. The Balaban J connectivity index is 1.58. The van der Waals surface area contributed by atoms with Crippen LogP contribution in [0.3, 0.4) is 0 Å². The number of likely N-dealkylation sites (tertiary alicyclic amines) is 1. The molecule has 2 amide bonds.